The number of nitrogens with zero attached hydrogens (tertiary/aromatic N) is 2. The zero-order chi connectivity index (χ0) is 17.2. The summed E-state index contributed by atoms with van der Waals surface area (Å²) in [7, 11) is 1.52. The first-order chi connectivity index (χ1) is 11.4. The van der Waals surface area contributed by atoms with Crippen LogP contribution in [0.5, 0.6) is 0 Å². The third-order valence-corrected chi connectivity index (χ3v) is 4.73. The highest BCUT2D eigenvalue weighted by Gasteiger charge is 2.47. The summed E-state index contributed by atoms with van der Waals surface area (Å²) in [6, 6.07) is -0.406. The number of benzene rings is 1. The molecule has 1 aromatic carbocycles. The van der Waals surface area contributed by atoms with E-state index in [1.165, 1.54) is 11.9 Å². The Hall–Kier alpha value is -2.51. The fraction of sp³-hybridized carbons (Fsp3) is 0.375. The van der Waals surface area contributed by atoms with Crippen molar-refractivity contribution in [1.82, 2.24) is 15.1 Å². The molecule has 126 valence electrons. The van der Waals surface area contributed by atoms with Crippen molar-refractivity contribution in [2.24, 2.45) is 0 Å². The summed E-state index contributed by atoms with van der Waals surface area (Å²) in [6.07, 6.45) is 1.78. The van der Waals surface area contributed by atoms with Gasteiger partial charge < -0.3 is 10.2 Å². The molecule has 2 aliphatic heterocycles. The number of nitrogens with one attached hydrogen (secondary N) is 1. The van der Waals surface area contributed by atoms with Gasteiger partial charge in [0.15, 0.2) is 11.6 Å². The van der Waals surface area contributed by atoms with Gasteiger partial charge >= 0.3 is 6.03 Å². The molecule has 4 rings (SSSR count). The van der Waals surface area contributed by atoms with Crippen LogP contribution in [0.15, 0.2) is 23.4 Å². The molecular formula is C16H14F3N3O2. The standard InChI is InChI=1S/C16H14F3N3O2/c1-21-12-6-22(7-2-3-7)15(23)13(12)14(20-16(21)24)8-4-10(18)11(19)5-9(8)17/h4-5,7,14H,2-3,6H2,1H3,(H,20,24)/t14-/m0/s1. The minimum atomic E-state index is -1.32. The average Bonchev–Trinajstić information content (AvgIpc) is 3.31. The topological polar surface area (TPSA) is 52.7 Å². The molecule has 1 aromatic rings. The van der Waals surface area contributed by atoms with Crippen molar-refractivity contribution < 1.29 is 22.8 Å². The van der Waals surface area contributed by atoms with Crippen molar-refractivity contribution in [3.8, 4) is 0 Å². The molecule has 0 radical (unpaired) electrons. The van der Waals surface area contributed by atoms with Crippen LogP contribution in [-0.2, 0) is 4.79 Å². The Bertz CT molecular complexity index is 804. The fourth-order valence-electron chi connectivity index (χ4n) is 3.26. The third-order valence-electron chi connectivity index (χ3n) is 4.73. The summed E-state index contributed by atoms with van der Waals surface area (Å²) in [4.78, 5) is 27.8. The van der Waals surface area contributed by atoms with E-state index >= 15 is 0 Å². The predicted octanol–water partition coefficient (Wildman–Crippen LogP) is 2.06. The molecule has 0 aromatic heterocycles. The summed E-state index contributed by atoms with van der Waals surface area (Å²) >= 11 is 0. The number of halogens is 3. The van der Waals surface area contributed by atoms with Gasteiger partial charge in [0.25, 0.3) is 5.91 Å². The van der Waals surface area contributed by atoms with Crippen LogP contribution in [0.25, 0.3) is 0 Å². The molecule has 5 nitrogen and oxygen atoms in total. The van der Waals surface area contributed by atoms with Gasteiger partial charge in [0.2, 0.25) is 0 Å². The maximum Gasteiger partial charge on any atom is 0.322 e. The predicted molar refractivity (Wildman–Crippen MR) is 77.1 cm³/mol. The lowest BCUT2D eigenvalue weighted by Gasteiger charge is -2.31. The van der Waals surface area contributed by atoms with E-state index in [4.69, 9.17) is 0 Å². The van der Waals surface area contributed by atoms with Crippen LogP contribution in [0.4, 0.5) is 18.0 Å². The molecule has 1 saturated carbocycles. The molecule has 0 spiro atoms. The molecule has 3 amide bonds. The van der Waals surface area contributed by atoms with Gasteiger partial charge in [0.05, 0.1) is 23.9 Å². The molecule has 0 unspecified atom stereocenters. The summed E-state index contributed by atoms with van der Waals surface area (Å²) in [5.41, 5.74) is 0.438. The highest BCUT2D eigenvalue weighted by molar-refractivity contribution is 6.01. The van der Waals surface area contributed by atoms with E-state index in [2.05, 4.69) is 5.32 Å². The number of urea groups is 1. The molecule has 0 saturated heterocycles. The van der Waals surface area contributed by atoms with Crippen molar-refractivity contribution in [2.45, 2.75) is 24.9 Å². The molecule has 1 aliphatic carbocycles. The van der Waals surface area contributed by atoms with E-state index in [-0.39, 0.29) is 29.6 Å². The number of likely N-dealkylation sites (N-methyl/N-ethyl adjacent to an activating group) is 1. The first kappa shape index (κ1) is 15.0. The third kappa shape index (κ3) is 2.09. The molecule has 1 N–H and O–H groups in total. The minimum absolute atomic E-state index is 0.127. The fourth-order valence-corrected chi connectivity index (χ4v) is 3.26. The average molecular weight is 337 g/mol. The monoisotopic (exact) mass is 337 g/mol. The number of hydrogen-bond donors (Lipinski definition) is 1. The van der Waals surface area contributed by atoms with Gasteiger partial charge in [0.1, 0.15) is 5.82 Å². The van der Waals surface area contributed by atoms with Gasteiger partial charge in [-0.3, -0.25) is 9.69 Å². The summed E-state index contributed by atoms with van der Waals surface area (Å²) in [6.45, 7) is 0.268. The summed E-state index contributed by atoms with van der Waals surface area (Å²) < 4.78 is 40.9. The van der Waals surface area contributed by atoms with E-state index in [0.717, 1.165) is 12.8 Å². The minimum Gasteiger partial charge on any atom is -0.330 e. The van der Waals surface area contributed by atoms with E-state index in [0.29, 0.717) is 17.8 Å². The number of rotatable bonds is 2. The van der Waals surface area contributed by atoms with E-state index in [1.807, 2.05) is 0 Å². The van der Waals surface area contributed by atoms with Crippen LogP contribution >= 0.6 is 0 Å². The molecular weight excluding hydrogens is 323 g/mol. The maximum atomic E-state index is 14.2. The van der Waals surface area contributed by atoms with Gasteiger partial charge in [-0.05, 0) is 18.9 Å². The zero-order valence-corrected chi connectivity index (χ0v) is 12.8. The molecule has 1 atom stereocenters. The van der Waals surface area contributed by atoms with Gasteiger partial charge in [-0.25, -0.2) is 18.0 Å². The first-order valence-electron chi connectivity index (χ1n) is 7.61. The molecule has 24 heavy (non-hydrogen) atoms. The quantitative estimate of drug-likeness (QED) is 0.840. The molecule has 3 aliphatic rings. The van der Waals surface area contributed by atoms with Gasteiger partial charge in [0, 0.05) is 24.7 Å². The van der Waals surface area contributed by atoms with Crippen molar-refractivity contribution in [2.75, 3.05) is 13.6 Å². The van der Waals surface area contributed by atoms with Crippen LogP contribution in [0, 0.1) is 17.5 Å². The number of amides is 3. The number of carbonyl (C=O) groups is 2. The van der Waals surface area contributed by atoms with Gasteiger partial charge in [-0.1, -0.05) is 0 Å². The Morgan fingerprint density at radius 2 is 1.75 bits per heavy atom. The van der Waals surface area contributed by atoms with Crippen LogP contribution in [-0.4, -0.2) is 41.4 Å². The van der Waals surface area contributed by atoms with Crippen molar-refractivity contribution in [3.05, 3.63) is 46.4 Å². The van der Waals surface area contributed by atoms with Crippen LogP contribution in [0.1, 0.15) is 24.4 Å². The van der Waals surface area contributed by atoms with Crippen LogP contribution < -0.4 is 5.32 Å². The lowest BCUT2D eigenvalue weighted by molar-refractivity contribution is -0.126. The Morgan fingerprint density at radius 1 is 1.08 bits per heavy atom. The second-order valence-electron chi connectivity index (χ2n) is 6.25. The molecule has 0 bridgehead atoms. The van der Waals surface area contributed by atoms with E-state index < -0.39 is 29.5 Å². The van der Waals surface area contributed by atoms with E-state index in [9.17, 15) is 22.8 Å². The Kier molecular flexibility index (Phi) is 3.13. The van der Waals surface area contributed by atoms with Crippen molar-refractivity contribution in [3.63, 3.8) is 0 Å². The Labute approximate surface area is 135 Å². The Morgan fingerprint density at radius 3 is 2.42 bits per heavy atom. The zero-order valence-electron chi connectivity index (χ0n) is 12.8. The lowest BCUT2D eigenvalue weighted by atomic mass is 9.95. The van der Waals surface area contributed by atoms with Gasteiger partial charge in [-0.15, -0.1) is 0 Å². The summed E-state index contributed by atoms with van der Waals surface area (Å²) in [5, 5.41) is 2.50. The smallest absolute Gasteiger partial charge is 0.322 e. The normalized spacial score (nSPS) is 23.8. The molecule has 8 heteroatoms. The largest absolute Gasteiger partial charge is 0.330 e. The SMILES string of the molecule is CN1C(=O)N[C@@H](c2cc(F)c(F)cc2F)C2=C1CN(C1CC1)C2=O. The second kappa shape index (κ2) is 4.99. The second-order valence-corrected chi connectivity index (χ2v) is 6.25. The first-order valence-corrected chi connectivity index (χ1v) is 7.61. The maximum absolute atomic E-state index is 14.2. The number of hydrogen-bond acceptors (Lipinski definition) is 2. The lowest BCUT2D eigenvalue weighted by Crippen LogP contribution is -2.45. The van der Waals surface area contributed by atoms with Gasteiger partial charge in [-0.2, -0.15) is 0 Å². The van der Waals surface area contributed by atoms with Crippen molar-refractivity contribution >= 4 is 11.9 Å². The van der Waals surface area contributed by atoms with Crippen LogP contribution in [0.3, 0.4) is 0 Å². The Balaban J connectivity index is 1.82. The van der Waals surface area contributed by atoms with E-state index in [1.54, 1.807) is 4.90 Å². The molecule has 1 fully saturated rings. The van der Waals surface area contributed by atoms with Crippen molar-refractivity contribution in [1.29, 1.82) is 0 Å². The number of carbonyl (C=O) groups excluding carboxylic acids is 2. The highest BCUT2D eigenvalue weighted by Crippen LogP contribution is 2.40. The van der Waals surface area contributed by atoms with Crippen LogP contribution in [0.2, 0.25) is 0 Å². The summed E-state index contributed by atoms with van der Waals surface area (Å²) in [5.74, 6) is -3.85. The highest BCUT2D eigenvalue weighted by atomic mass is 19.2. The molecule has 2 heterocycles.